The van der Waals surface area contributed by atoms with Crippen molar-refractivity contribution in [2.24, 2.45) is 0 Å². The van der Waals surface area contributed by atoms with Gasteiger partial charge in [0, 0.05) is 20.0 Å². The van der Waals surface area contributed by atoms with Crippen LogP contribution < -0.4 is 10.6 Å². The number of pyridine rings is 1. The molecule has 0 radical (unpaired) electrons. The van der Waals surface area contributed by atoms with Crippen LogP contribution in [0.25, 0.3) is 0 Å². The van der Waals surface area contributed by atoms with Crippen LogP contribution in [0.15, 0.2) is 6.07 Å². The first kappa shape index (κ1) is 15.9. The fourth-order valence-corrected chi connectivity index (χ4v) is 1.96. The number of ether oxygens (including phenoxy) is 1. The monoisotopic (exact) mass is 305 g/mol. The Balaban J connectivity index is 2.47. The molecule has 1 aromatic rings. The average Bonchev–Trinajstić information content (AvgIpc) is 2.37. The third kappa shape index (κ3) is 5.12. The van der Waals surface area contributed by atoms with E-state index in [9.17, 15) is 4.79 Å². The lowest BCUT2D eigenvalue weighted by Crippen LogP contribution is -2.09. The van der Waals surface area contributed by atoms with Gasteiger partial charge in [0.05, 0.1) is 16.7 Å². The van der Waals surface area contributed by atoms with Crippen molar-refractivity contribution in [3.63, 3.8) is 0 Å². The second-order valence-corrected chi connectivity index (χ2v) is 4.55. The van der Waals surface area contributed by atoms with Gasteiger partial charge in [0.2, 0.25) is 0 Å². The molecule has 19 heavy (non-hydrogen) atoms. The number of carbonyl (C=O) groups excluding carboxylic acids is 1. The number of hydrogen-bond acceptors (Lipinski definition) is 5. The molecule has 0 aromatic carbocycles. The third-order valence-electron chi connectivity index (χ3n) is 2.32. The maximum Gasteiger partial charge on any atom is 0.305 e. The highest BCUT2D eigenvalue weighted by atomic mass is 35.5. The molecular formula is C12H17Cl2N3O2. The molecule has 106 valence electrons. The van der Waals surface area contributed by atoms with Crippen molar-refractivity contribution < 1.29 is 9.53 Å². The Morgan fingerprint density at radius 3 is 2.68 bits per heavy atom. The quantitative estimate of drug-likeness (QED) is 0.598. The molecular weight excluding hydrogens is 289 g/mol. The zero-order chi connectivity index (χ0) is 14.3. The Labute approximate surface area is 122 Å². The predicted molar refractivity (Wildman–Crippen MR) is 78.2 cm³/mol. The van der Waals surface area contributed by atoms with E-state index in [2.05, 4.69) is 15.6 Å². The number of aromatic nitrogens is 1. The smallest absolute Gasteiger partial charge is 0.305 e. The van der Waals surface area contributed by atoms with Crippen molar-refractivity contribution in [1.82, 2.24) is 4.98 Å². The largest absolute Gasteiger partial charge is 0.466 e. The van der Waals surface area contributed by atoms with Crippen LogP contribution in [0.3, 0.4) is 0 Å². The van der Waals surface area contributed by atoms with Gasteiger partial charge in [0.15, 0.2) is 0 Å². The number of esters is 1. The molecule has 1 rings (SSSR count). The van der Waals surface area contributed by atoms with Crippen LogP contribution in [-0.4, -0.2) is 31.2 Å². The number of carbonyl (C=O) groups is 1. The zero-order valence-corrected chi connectivity index (χ0v) is 12.4. The number of rotatable bonds is 7. The molecule has 7 heteroatoms. The Morgan fingerprint density at radius 2 is 2.05 bits per heavy atom. The van der Waals surface area contributed by atoms with Crippen LogP contribution in [0.1, 0.15) is 19.8 Å². The summed E-state index contributed by atoms with van der Waals surface area (Å²) in [5.74, 6) is 0.897. The van der Waals surface area contributed by atoms with Crippen LogP contribution >= 0.6 is 23.2 Å². The summed E-state index contributed by atoms with van der Waals surface area (Å²) in [6, 6.07) is 1.62. The maximum atomic E-state index is 11.1. The van der Waals surface area contributed by atoms with Gasteiger partial charge < -0.3 is 15.4 Å². The highest BCUT2D eigenvalue weighted by Gasteiger charge is 2.08. The molecule has 0 saturated heterocycles. The van der Waals surface area contributed by atoms with Gasteiger partial charge in [0.25, 0.3) is 0 Å². The molecule has 5 nitrogen and oxygen atoms in total. The van der Waals surface area contributed by atoms with Gasteiger partial charge in [-0.05, 0) is 19.4 Å². The van der Waals surface area contributed by atoms with Crippen molar-refractivity contribution >= 4 is 40.8 Å². The van der Waals surface area contributed by atoms with Crippen molar-refractivity contribution in [3.05, 3.63) is 16.1 Å². The van der Waals surface area contributed by atoms with E-state index in [1.54, 1.807) is 20.0 Å². The number of halogens is 2. The minimum Gasteiger partial charge on any atom is -0.466 e. The number of nitrogens with zero attached hydrogens (tertiary/aromatic N) is 1. The highest BCUT2D eigenvalue weighted by molar-refractivity contribution is 6.37. The van der Waals surface area contributed by atoms with Crippen molar-refractivity contribution in [3.8, 4) is 0 Å². The minimum absolute atomic E-state index is 0.199. The highest BCUT2D eigenvalue weighted by Crippen LogP contribution is 2.28. The molecule has 0 aliphatic rings. The van der Waals surface area contributed by atoms with Crippen LogP contribution in [-0.2, 0) is 9.53 Å². The molecule has 0 amide bonds. The third-order valence-corrected chi connectivity index (χ3v) is 2.90. The normalized spacial score (nSPS) is 10.1. The molecule has 0 aliphatic carbocycles. The maximum absolute atomic E-state index is 11.1. The summed E-state index contributed by atoms with van der Waals surface area (Å²) < 4.78 is 4.83. The summed E-state index contributed by atoms with van der Waals surface area (Å²) >= 11 is 12.0. The summed E-state index contributed by atoms with van der Waals surface area (Å²) in [6.45, 7) is 2.77. The lowest BCUT2D eigenvalue weighted by Gasteiger charge is -2.10. The number of hydrogen-bond donors (Lipinski definition) is 2. The van der Waals surface area contributed by atoms with Gasteiger partial charge in [-0.1, -0.05) is 23.2 Å². The van der Waals surface area contributed by atoms with Crippen molar-refractivity contribution in [2.45, 2.75) is 19.8 Å². The molecule has 0 saturated carbocycles. The van der Waals surface area contributed by atoms with Gasteiger partial charge >= 0.3 is 5.97 Å². The molecule has 0 bridgehead atoms. The molecule has 0 fully saturated rings. The lowest BCUT2D eigenvalue weighted by molar-refractivity contribution is -0.143. The average molecular weight is 306 g/mol. The topological polar surface area (TPSA) is 63.2 Å². The van der Waals surface area contributed by atoms with E-state index in [0.29, 0.717) is 47.7 Å². The second-order valence-electron chi connectivity index (χ2n) is 3.73. The van der Waals surface area contributed by atoms with E-state index in [-0.39, 0.29) is 5.97 Å². The molecule has 0 spiro atoms. The van der Waals surface area contributed by atoms with Crippen LogP contribution in [0.5, 0.6) is 0 Å². The summed E-state index contributed by atoms with van der Waals surface area (Å²) in [5.41, 5.74) is 0. The fourth-order valence-electron chi connectivity index (χ4n) is 1.44. The molecule has 1 aromatic heterocycles. The molecule has 2 N–H and O–H groups in total. The first-order valence-electron chi connectivity index (χ1n) is 6.01. The summed E-state index contributed by atoms with van der Waals surface area (Å²) in [4.78, 5) is 15.4. The Morgan fingerprint density at radius 1 is 1.37 bits per heavy atom. The molecule has 0 aliphatic heterocycles. The lowest BCUT2D eigenvalue weighted by atomic mass is 10.3. The summed E-state index contributed by atoms with van der Waals surface area (Å²) in [7, 11) is 1.73. The van der Waals surface area contributed by atoms with Gasteiger partial charge in [-0.15, -0.1) is 0 Å². The van der Waals surface area contributed by atoms with Gasteiger partial charge in [-0.3, -0.25) is 4.79 Å². The standard InChI is InChI=1S/C12H17Cl2N3O2/c1-3-19-10(18)5-4-6-16-12-9(14)7-8(13)11(15-2)17-12/h7H,3-6H2,1-2H3,(H2,15,16,17). The molecule has 0 atom stereocenters. The van der Waals surface area contributed by atoms with Crippen molar-refractivity contribution in [2.75, 3.05) is 30.8 Å². The van der Waals surface area contributed by atoms with Gasteiger partial charge in [-0.25, -0.2) is 4.98 Å². The summed E-state index contributed by atoms with van der Waals surface area (Å²) in [5, 5.41) is 6.84. The van der Waals surface area contributed by atoms with E-state index in [1.165, 1.54) is 0 Å². The SMILES string of the molecule is CCOC(=O)CCCNc1nc(NC)c(Cl)cc1Cl. The minimum atomic E-state index is -0.199. The van der Waals surface area contributed by atoms with E-state index in [1.807, 2.05) is 0 Å². The predicted octanol–water partition coefficient (Wildman–Crippen LogP) is 3.19. The first-order chi connectivity index (χ1) is 9.08. The second kappa shape index (κ2) is 8.07. The van der Waals surface area contributed by atoms with E-state index < -0.39 is 0 Å². The Kier molecular flexibility index (Phi) is 6.73. The Bertz CT molecular complexity index is 441. The molecule has 0 unspecified atom stereocenters. The fraction of sp³-hybridized carbons (Fsp3) is 0.500. The van der Waals surface area contributed by atoms with Crippen molar-refractivity contribution in [1.29, 1.82) is 0 Å². The van der Waals surface area contributed by atoms with E-state index >= 15 is 0 Å². The number of anilines is 2. The molecule has 1 heterocycles. The summed E-state index contributed by atoms with van der Waals surface area (Å²) in [6.07, 6.45) is 1.01. The first-order valence-corrected chi connectivity index (χ1v) is 6.77. The van der Waals surface area contributed by atoms with Gasteiger partial charge in [-0.2, -0.15) is 0 Å². The Hall–Kier alpha value is -1.20. The number of nitrogens with one attached hydrogen (secondary N) is 2. The van der Waals surface area contributed by atoms with Crippen LogP contribution in [0.2, 0.25) is 10.0 Å². The van der Waals surface area contributed by atoms with Crippen LogP contribution in [0, 0.1) is 0 Å². The van der Waals surface area contributed by atoms with Crippen LogP contribution in [0.4, 0.5) is 11.6 Å². The van der Waals surface area contributed by atoms with E-state index in [0.717, 1.165) is 0 Å². The van der Waals surface area contributed by atoms with Gasteiger partial charge in [0.1, 0.15) is 11.6 Å². The zero-order valence-electron chi connectivity index (χ0n) is 10.9. The van der Waals surface area contributed by atoms with E-state index in [4.69, 9.17) is 27.9 Å².